The average molecular weight is 311 g/mol. The van der Waals surface area contributed by atoms with Gasteiger partial charge in [-0.2, -0.15) is 0 Å². The smallest absolute Gasteiger partial charge is 0.191 e. The van der Waals surface area contributed by atoms with E-state index < -0.39 is 0 Å². The van der Waals surface area contributed by atoms with Crippen molar-refractivity contribution in [3.63, 3.8) is 0 Å². The largest absolute Gasteiger partial charge is 0.380 e. The Kier molecular flexibility index (Phi) is 6.63. The van der Waals surface area contributed by atoms with E-state index in [0.29, 0.717) is 6.61 Å². The lowest BCUT2D eigenvalue weighted by Crippen LogP contribution is -2.36. The Balaban J connectivity index is 1.85. The first-order valence-electron chi connectivity index (χ1n) is 7.78. The monoisotopic (exact) mass is 311 g/mol. The molecule has 4 nitrogen and oxygen atoms in total. The molecule has 0 radical (unpaired) electrons. The fourth-order valence-electron chi connectivity index (χ4n) is 2.29. The topological polar surface area (TPSA) is 45.7 Å². The number of methoxy groups -OCH3 is 1. The van der Waals surface area contributed by atoms with Crippen molar-refractivity contribution in [3.05, 3.63) is 70.8 Å². The first-order valence-corrected chi connectivity index (χ1v) is 7.78. The molecule has 122 valence electrons. The van der Waals surface area contributed by atoms with Crippen LogP contribution >= 0.6 is 0 Å². The van der Waals surface area contributed by atoms with Crippen LogP contribution in [0, 0.1) is 6.92 Å². The maximum atomic E-state index is 5.17. The van der Waals surface area contributed by atoms with Crippen molar-refractivity contribution in [2.75, 3.05) is 14.2 Å². The maximum absolute atomic E-state index is 5.17. The van der Waals surface area contributed by atoms with E-state index in [1.54, 1.807) is 14.2 Å². The Bertz CT molecular complexity index is 635. The number of aryl methyl sites for hydroxylation is 1. The van der Waals surface area contributed by atoms with Crippen LogP contribution in [-0.4, -0.2) is 20.1 Å². The molecule has 0 spiro atoms. The minimum atomic E-state index is 0.633. The molecule has 2 rings (SSSR count). The molecule has 0 heterocycles. The number of hydrogen-bond donors (Lipinski definition) is 2. The van der Waals surface area contributed by atoms with Crippen molar-refractivity contribution in [2.24, 2.45) is 4.99 Å². The van der Waals surface area contributed by atoms with Gasteiger partial charge < -0.3 is 15.4 Å². The van der Waals surface area contributed by atoms with Crippen molar-refractivity contribution in [1.29, 1.82) is 0 Å². The third kappa shape index (κ3) is 5.75. The number of ether oxygens (including phenoxy) is 1. The van der Waals surface area contributed by atoms with E-state index in [1.165, 1.54) is 22.3 Å². The van der Waals surface area contributed by atoms with Gasteiger partial charge in [-0.25, -0.2) is 0 Å². The summed E-state index contributed by atoms with van der Waals surface area (Å²) >= 11 is 0. The van der Waals surface area contributed by atoms with E-state index in [2.05, 4.69) is 65.0 Å². The predicted molar refractivity (Wildman–Crippen MR) is 95.4 cm³/mol. The van der Waals surface area contributed by atoms with Crippen LogP contribution in [0.2, 0.25) is 0 Å². The lowest BCUT2D eigenvalue weighted by molar-refractivity contribution is 0.185. The number of rotatable bonds is 6. The van der Waals surface area contributed by atoms with Gasteiger partial charge in [-0.3, -0.25) is 4.99 Å². The Morgan fingerprint density at radius 3 is 2.26 bits per heavy atom. The molecule has 0 saturated heterocycles. The van der Waals surface area contributed by atoms with Gasteiger partial charge in [-0.05, 0) is 23.6 Å². The van der Waals surface area contributed by atoms with Crippen molar-refractivity contribution in [2.45, 2.75) is 26.6 Å². The highest BCUT2D eigenvalue weighted by Gasteiger charge is 2.00. The summed E-state index contributed by atoms with van der Waals surface area (Å²) in [6.45, 7) is 4.21. The molecule has 0 aliphatic heterocycles. The minimum Gasteiger partial charge on any atom is -0.380 e. The summed E-state index contributed by atoms with van der Waals surface area (Å²) in [6.07, 6.45) is 0. The molecule has 0 bridgehead atoms. The number of guanidine groups is 1. The Morgan fingerprint density at radius 2 is 1.61 bits per heavy atom. The number of hydrogen-bond acceptors (Lipinski definition) is 2. The molecule has 0 aromatic heterocycles. The van der Waals surface area contributed by atoms with Gasteiger partial charge in [0, 0.05) is 27.2 Å². The van der Waals surface area contributed by atoms with Crippen LogP contribution in [0.1, 0.15) is 22.3 Å². The zero-order valence-corrected chi connectivity index (χ0v) is 14.1. The molecule has 0 saturated carbocycles. The molecule has 2 aromatic rings. The highest BCUT2D eigenvalue weighted by molar-refractivity contribution is 5.79. The lowest BCUT2D eigenvalue weighted by atomic mass is 10.1. The summed E-state index contributed by atoms with van der Waals surface area (Å²) in [5, 5.41) is 6.66. The first-order chi connectivity index (χ1) is 11.2. The molecule has 2 aromatic carbocycles. The van der Waals surface area contributed by atoms with Gasteiger partial charge in [-0.1, -0.05) is 54.1 Å². The standard InChI is InChI=1S/C19H25N3O/c1-15-7-9-16(10-8-15)12-21-19(20-2)22-13-17-5-4-6-18(11-17)14-23-3/h4-11H,12-14H2,1-3H3,(H2,20,21,22). The van der Waals surface area contributed by atoms with Crippen LogP contribution in [0.3, 0.4) is 0 Å². The lowest BCUT2D eigenvalue weighted by Gasteiger charge is -2.12. The van der Waals surface area contributed by atoms with Crippen molar-refractivity contribution < 1.29 is 4.74 Å². The molecular weight excluding hydrogens is 286 g/mol. The van der Waals surface area contributed by atoms with E-state index in [4.69, 9.17) is 4.74 Å². The number of nitrogens with zero attached hydrogens (tertiary/aromatic N) is 1. The van der Waals surface area contributed by atoms with E-state index in [0.717, 1.165) is 19.0 Å². The Hall–Kier alpha value is -2.33. The van der Waals surface area contributed by atoms with Crippen molar-refractivity contribution in [1.82, 2.24) is 10.6 Å². The van der Waals surface area contributed by atoms with Crippen molar-refractivity contribution in [3.8, 4) is 0 Å². The second kappa shape index (κ2) is 8.96. The molecule has 0 unspecified atom stereocenters. The second-order valence-electron chi connectivity index (χ2n) is 5.52. The van der Waals surface area contributed by atoms with Gasteiger partial charge in [0.15, 0.2) is 5.96 Å². The van der Waals surface area contributed by atoms with E-state index in [1.807, 2.05) is 6.07 Å². The number of aliphatic imine (C=N–C) groups is 1. The van der Waals surface area contributed by atoms with Crippen LogP contribution < -0.4 is 10.6 Å². The number of benzene rings is 2. The normalized spacial score (nSPS) is 11.3. The summed E-state index contributed by atoms with van der Waals surface area (Å²) in [7, 11) is 3.49. The molecule has 2 N–H and O–H groups in total. The number of nitrogens with one attached hydrogen (secondary N) is 2. The quantitative estimate of drug-likeness (QED) is 0.637. The van der Waals surface area contributed by atoms with E-state index in [9.17, 15) is 0 Å². The minimum absolute atomic E-state index is 0.633. The van der Waals surface area contributed by atoms with Crippen LogP contribution in [0.4, 0.5) is 0 Å². The summed E-state index contributed by atoms with van der Waals surface area (Å²) in [4.78, 5) is 4.26. The van der Waals surface area contributed by atoms with Gasteiger partial charge in [0.05, 0.1) is 6.61 Å². The molecule has 0 amide bonds. The van der Waals surface area contributed by atoms with Gasteiger partial charge >= 0.3 is 0 Å². The molecule has 0 fully saturated rings. The molecule has 4 heteroatoms. The molecule has 23 heavy (non-hydrogen) atoms. The van der Waals surface area contributed by atoms with Gasteiger partial charge in [0.25, 0.3) is 0 Å². The summed E-state index contributed by atoms with van der Waals surface area (Å²) in [5.74, 6) is 0.794. The van der Waals surface area contributed by atoms with Gasteiger partial charge in [0.1, 0.15) is 0 Å². The first kappa shape index (κ1) is 17.0. The third-order valence-electron chi connectivity index (χ3n) is 3.57. The zero-order chi connectivity index (χ0) is 16.5. The second-order valence-corrected chi connectivity index (χ2v) is 5.52. The van der Waals surface area contributed by atoms with Gasteiger partial charge in [0.2, 0.25) is 0 Å². The summed E-state index contributed by atoms with van der Waals surface area (Å²) in [5.41, 5.74) is 4.89. The molecule has 0 aliphatic carbocycles. The van der Waals surface area contributed by atoms with Crippen LogP contribution in [0.25, 0.3) is 0 Å². The molecule has 0 aliphatic rings. The van der Waals surface area contributed by atoms with Crippen LogP contribution in [0.15, 0.2) is 53.5 Å². The average Bonchev–Trinajstić information content (AvgIpc) is 2.57. The third-order valence-corrected chi connectivity index (χ3v) is 3.57. The molecular formula is C19H25N3O. The highest BCUT2D eigenvalue weighted by Crippen LogP contribution is 2.06. The van der Waals surface area contributed by atoms with Crippen LogP contribution in [0.5, 0.6) is 0 Å². The zero-order valence-electron chi connectivity index (χ0n) is 14.1. The molecule has 0 atom stereocenters. The summed E-state index contributed by atoms with van der Waals surface area (Å²) in [6, 6.07) is 16.9. The summed E-state index contributed by atoms with van der Waals surface area (Å²) < 4.78 is 5.17. The van der Waals surface area contributed by atoms with Crippen molar-refractivity contribution >= 4 is 5.96 Å². The fraction of sp³-hybridized carbons (Fsp3) is 0.316. The van der Waals surface area contributed by atoms with Crippen LogP contribution in [-0.2, 0) is 24.4 Å². The van der Waals surface area contributed by atoms with E-state index in [-0.39, 0.29) is 0 Å². The van der Waals surface area contributed by atoms with Gasteiger partial charge in [-0.15, -0.1) is 0 Å². The SMILES string of the molecule is CN=C(NCc1ccc(C)cc1)NCc1cccc(COC)c1. The van der Waals surface area contributed by atoms with E-state index >= 15 is 0 Å². The Morgan fingerprint density at radius 1 is 0.957 bits per heavy atom. The highest BCUT2D eigenvalue weighted by atomic mass is 16.5. The Labute approximate surface area is 138 Å². The maximum Gasteiger partial charge on any atom is 0.191 e. The predicted octanol–water partition coefficient (Wildman–Crippen LogP) is 3.01. The fourth-order valence-corrected chi connectivity index (χ4v) is 2.29.